The molecule has 0 aromatic rings. The van der Waals surface area contributed by atoms with Gasteiger partial charge in [0.05, 0.1) is 5.54 Å². The van der Waals surface area contributed by atoms with Gasteiger partial charge in [0.2, 0.25) is 5.91 Å². The van der Waals surface area contributed by atoms with E-state index in [1.54, 1.807) is 0 Å². The smallest absolute Gasteiger partial charge is 0.242 e. The first-order valence-electron chi connectivity index (χ1n) is 5.43. The molecule has 0 aromatic carbocycles. The Kier molecular flexibility index (Phi) is 3.89. The molecule has 0 bridgehead atoms. The summed E-state index contributed by atoms with van der Waals surface area (Å²) in [4.78, 5) is 13.9. The van der Waals surface area contributed by atoms with Gasteiger partial charge in [0.1, 0.15) is 0 Å². The second-order valence-electron chi connectivity index (χ2n) is 3.91. The molecule has 82 valence electrons. The lowest BCUT2D eigenvalue weighted by molar-refractivity contribution is -0.137. The molecule has 0 aromatic heterocycles. The summed E-state index contributed by atoms with van der Waals surface area (Å²) in [6, 6.07) is 0. The quantitative estimate of drug-likeness (QED) is 0.669. The number of rotatable bonds is 3. The molecular weight excluding hydrogens is 178 g/mol. The topological polar surface area (TPSA) is 58.4 Å². The van der Waals surface area contributed by atoms with Gasteiger partial charge in [0.25, 0.3) is 0 Å². The molecule has 1 saturated heterocycles. The highest BCUT2D eigenvalue weighted by atomic mass is 16.2. The van der Waals surface area contributed by atoms with Gasteiger partial charge in [0.15, 0.2) is 0 Å². The van der Waals surface area contributed by atoms with Gasteiger partial charge < -0.3 is 16.0 Å². The minimum atomic E-state index is -0.642. The molecule has 14 heavy (non-hydrogen) atoms. The minimum Gasteiger partial charge on any atom is -0.339 e. The summed E-state index contributed by atoms with van der Waals surface area (Å²) in [5, 5.41) is 3.22. The van der Waals surface area contributed by atoms with Crippen LogP contribution in [-0.2, 0) is 4.79 Å². The monoisotopic (exact) mass is 199 g/mol. The molecule has 1 rings (SSSR count). The van der Waals surface area contributed by atoms with Crippen molar-refractivity contribution in [3.05, 3.63) is 0 Å². The van der Waals surface area contributed by atoms with Crippen molar-refractivity contribution in [1.29, 1.82) is 0 Å². The molecule has 4 heteroatoms. The van der Waals surface area contributed by atoms with Gasteiger partial charge >= 0.3 is 0 Å². The number of nitrogens with two attached hydrogens (primary N) is 1. The maximum Gasteiger partial charge on any atom is 0.242 e. The van der Waals surface area contributed by atoms with Crippen LogP contribution in [-0.4, -0.2) is 42.5 Å². The van der Waals surface area contributed by atoms with Crippen LogP contribution in [0.15, 0.2) is 0 Å². The Labute approximate surface area is 85.8 Å². The van der Waals surface area contributed by atoms with Gasteiger partial charge in [-0.2, -0.15) is 0 Å². The van der Waals surface area contributed by atoms with Gasteiger partial charge in [-0.1, -0.05) is 13.8 Å². The van der Waals surface area contributed by atoms with E-state index >= 15 is 0 Å². The number of nitrogens with zero attached hydrogens (tertiary/aromatic N) is 1. The third-order valence-corrected chi connectivity index (χ3v) is 3.09. The van der Waals surface area contributed by atoms with Crippen LogP contribution in [0.5, 0.6) is 0 Å². The largest absolute Gasteiger partial charge is 0.339 e. The van der Waals surface area contributed by atoms with Crippen LogP contribution in [0.4, 0.5) is 0 Å². The van der Waals surface area contributed by atoms with E-state index in [2.05, 4.69) is 5.32 Å². The molecule has 0 saturated carbocycles. The number of carbonyl (C=O) groups is 1. The lowest BCUT2D eigenvalue weighted by Gasteiger charge is -2.35. The van der Waals surface area contributed by atoms with Crippen molar-refractivity contribution in [3.63, 3.8) is 0 Å². The zero-order chi connectivity index (χ0) is 10.6. The summed E-state index contributed by atoms with van der Waals surface area (Å²) in [5.41, 5.74) is 5.42. The number of nitrogens with one attached hydrogen (secondary N) is 1. The second-order valence-corrected chi connectivity index (χ2v) is 3.91. The Morgan fingerprint density at radius 1 is 1.36 bits per heavy atom. The number of carbonyl (C=O) groups excluding carboxylic acids is 1. The van der Waals surface area contributed by atoms with E-state index in [4.69, 9.17) is 5.73 Å². The molecule has 3 N–H and O–H groups in total. The van der Waals surface area contributed by atoms with Crippen molar-refractivity contribution in [1.82, 2.24) is 10.2 Å². The van der Waals surface area contributed by atoms with Crippen molar-refractivity contribution in [2.45, 2.75) is 32.2 Å². The summed E-state index contributed by atoms with van der Waals surface area (Å²) in [5.74, 6) is 0.115. The average Bonchev–Trinajstić information content (AvgIpc) is 2.28. The Morgan fingerprint density at radius 2 is 1.86 bits per heavy atom. The van der Waals surface area contributed by atoms with Crippen LogP contribution >= 0.6 is 0 Å². The SMILES string of the molecule is CCC(N)(CC)C(=O)N1CCNCC1. The van der Waals surface area contributed by atoms with Crippen molar-refractivity contribution in [3.8, 4) is 0 Å². The Morgan fingerprint density at radius 3 is 2.29 bits per heavy atom. The summed E-state index contributed by atoms with van der Waals surface area (Å²) >= 11 is 0. The normalized spacial score (nSPS) is 18.4. The Hall–Kier alpha value is -0.610. The summed E-state index contributed by atoms with van der Waals surface area (Å²) in [7, 11) is 0. The van der Waals surface area contributed by atoms with E-state index in [1.807, 2.05) is 18.7 Å². The zero-order valence-corrected chi connectivity index (χ0v) is 9.18. The standard InChI is InChI=1S/C10H21N3O/c1-3-10(11,4-2)9(14)13-7-5-12-6-8-13/h12H,3-8,11H2,1-2H3. The lowest BCUT2D eigenvalue weighted by Crippen LogP contribution is -2.58. The van der Waals surface area contributed by atoms with E-state index in [0.717, 1.165) is 26.2 Å². The fraction of sp³-hybridized carbons (Fsp3) is 0.900. The molecular formula is C10H21N3O. The lowest BCUT2D eigenvalue weighted by atomic mass is 9.92. The average molecular weight is 199 g/mol. The summed E-state index contributed by atoms with van der Waals surface area (Å²) < 4.78 is 0. The number of hydrogen-bond acceptors (Lipinski definition) is 3. The first-order valence-corrected chi connectivity index (χ1v) is 5.43. The van der Waals surface area contributed by atoms with Crippen LogP contribution in [0.1, 0.15) is 26.7 Å². The molecule has 0 unspecified atom stereocenters. The van der Waals surface area contributed by atoms with Crippen LogP contribution in [0, 0.1) is 0 Å². The number of hydrogen-bond donors (Lipinski definition) is 2. The van der Waals surface area contributed by atoms with Gasteiger partial charge in [-0.05, 0) is 12.8 Å². The maximum absolute atomic E-state index is 12.1. The van der Waals surface area contributed by atoms with E-state index in [9.17, 15) is 4.79 Å². The van der Waals surface area contributed by atoms with E-state index in [1.165, 1.54) is 0 Å². The van der Waals surface area contributed by atoms with E-state index < -0.39 is 5.54 Å². The molecule has 0 radical (unpaired) electrons. The van der Waals surface area contributed by atoms with Gasteiger partial charge in [0, 0.05) is 26.2 Å². The third kappa shape index (κ3) is 2.25. The van der Waals surface area contributed by atoms with Crippen LogP contribution < -0.4 is 11.1 Å². The van der Waals surface area contributed by atoms with E-state index in [-0.39, 0.29) is 5.91 Å². The molecule has 0 spiro atoms. The van der Waals surface area contributed by atoms with Crippen molar-refractivity contribution in [2.75, 3.05) is 26.2 Å². The van der Waals surface area contributed by atoms with Crippen molar-refractivity contribution < 1.29 is 4.79 Å². The fourth-order valence-electron chi connectivity index (χ4n) is 1.74. The van der Waals surface area contributed by atoms with Gasteiger partial charge in [-0.3, -0.25) is 4.79 Å². The highest BCUT2D eigenvalue weighted by Crippen LogP contribution is 2.15. The predicted molar refractivity (Wildman–Crippen MR) is 57.0 cm³/mol. The molecule has 0 aliphatic carbocycles. The minimum absolute atomic E-state index is 0.115. The molecule has 1 aliphatic rings. The molecule has 1 aliphatic heterocycles. The molecule has 1 heterocycles. The fourth-order valence-corrected chi connectivity index (χ4v) is 1.74. The van der Waals surface area contributed by atoms with Crippen LogP contribution in [0.25, 0.3) is 0 Å². The predicted octanol–water partition coefficient (Wildman–Crippen LogP) is -0.0643. The Balaban J connectivity index is 2.61. The summed E-state index contributed by atoms with van der Waals surface area (Å²) in [6.07, 6.45) is 1.43. The highest BCUT2D eigenvalue weighted by Gasteiger charge is 2.34. The Bertz CT molecular complexity index is 196. The summed E-state index contributed by atoms with van der Waals surface area (Å²) in [6.45, 7) is 7.30. The van der Waals surface area contributed by atoms with Crippen molar-refractivity contribution in [2.24, 2.45) is 5.73 Å². The molecule has 1 fully saturated rings. The first-order chi connectivity index (χ1) is 6.64. The van der Waals surface area contributed by atoms with E-state index in [0.29, 0.717) is 12.8 Å². The zero-order valence-electron chi connectivity index (χ0n) is 9.18. The van der Waals surface area contributed by atoms with Gasteiger partial charge in [-0.15, -0.1) is 0 Å². The van der Waals surface area contributed by atoms with Crippen molar-refractivity contribution >= 4 is 5.91 Å². The number of piperazine rings is 1. The molecule has 1 amide bonds. The number of amides is 1. The first kappa shape index (κ1) is 11.5. The van der Waals surface area contributed by atoms with Crippen LogP contribution in [0.3, 0.4) is 0 Å². The molecule has 4 nitrogen and oxygen atoms in total. The molecule has 0 atom stereocenters. The second kappa shape index (κ2) is 4.75. The highest BCUT2D eigenvalue weighted by molar-refractivity contribution is 5.86. The van der Waals surface area contributed by atoms with Gasteiger partial charge in [-0.25, -0.2) is 0 Å². The third-order valence-electron chi connectivity index (χ3n) is 3.09. The maximum atomic E-state index is 12.1. The van der Waals surface area contributed by atoms with Crippen LogP contribution in [0.2, 0.25) is 0 Å².